The van der Waals surface area contributed by atoms with E-state index < -0.39 is 4.92 Å². The van der Waals surface area contributed by atoms with Gasteiger partial charge in [0.25, 0.3) is 5.69 Å². The second-order valence-electron chi connectivity index (χ2n) is 3.87. The number of nitro benzene ring substituents is 1. The van der Waals surface area contributed by atoms with E-state index in [1.54, 1.807) is 12.1 Å². The molecule has 1 fully saturated rings. The lowest BCUT2D eigenvalue weighted by Crippen LogP contribution is -2.30. The zero-order chi connectivity index (χ0) is 12.3. The average molecular weight is 236 g/mol. The van der Waals surface area contributed by atoms with Crippen LogP contribution in [-0.4, -0.2) is 23.5 Å². The number of hydrogen-bond acceptors (Lipinski definition) is 4. The maximum absolute atomic E-state index is 10.9. The molecule has 6 heteroatoms. The Bertz CT molecular complexity index is 430. The van der Waals surface area contributed by atoms with Gasteiger partial charge in [0.05, 0.1) is 11.0 Å². The largest absolute Gasteiger partial charge is 0.491 e. The van der Waals surface area contributed by atoms with Crippen molar-refractivity contribution in [2.75, 3.05) is 6.61 Å². The smallest absolute Gasteiger partial charge is 0.269 e. The van der Waals surface area contributed by atoms with Crippen LogP contribution < -0.4 is 10.1 Å². The second-order valence-corrected chi connectivity index (χ2v) is 3.87. The average Bonchev–Trinajstić information content (AvgIpc) is 2.73. The number of nitrogens with zero attached hydrogens (tertiary/aromatic N) is 1. The van der Waals surface area contributed by atoms with Crippen LogP contribution in [0.5, 0.6) is 5.75 Å². The number of carbonyl (C=O) groups excluding carboxylic acids is 1. The fourth-order valence-electron chi connectivity index (χ4n) is 1.66. The topological polar surface area (TPSA) is 81.5 Å². The van der Waals surface area contributed by atoms with E-state index in [2.05, 4.69) is 5.32 Å². The van der Waals surface area contributed by atoms with Crippen LogP contribution in [0.2, 0.25) is 0 Å². The predicted molar refractivity (Wildman–Crippen MR) is 59.8 cm³/mol. The van der Waals surface area contributed by atoms with E-state index >= 15 is 0 Å². The Morgan fingerprint density at radius 1 is 1.41 bits per heavy atom. The fourth-order valence-corrected chi connectivity index (χ4v) is 1.66. The lowest BCUT2D eigenvalue weighted by Gasteiger charge is -2.11. The fraction of sp³-hybridized carbons (Fsp3) is 0.364. The molecule has 90 valence electrons. The summed E-state index contributed by atoms with van der Waals surface area (Å²) in [7, 11) is 0. The summed E-state index contributed by atoms with van der Waals surface area (Å²) >= 11 is 0. The minimum Gasteiger partial charge on any atom is -0.491 e. The Balaban J connectivity index is 1.87. The van der Waals surface area contributed by atoms with Gasteiger partial charge in [0.2, 0.25) is 5.91 Å². The van der Waals surface area contributed by atoms with Crippen molar-refractivity contribution >= 4 is 11.6 Å². The molecular formula is C11H12N2O4. The minimum absolute atomic E-state index is 0.0338. The molecule has 0 aromatic heterocycles. The zero-order valence-corrected chi connectivity index (χ0v) is 9.09. The molecule has 17 heavy (non-hydrogen) atoms. The van der Waals surface area contributed by atoms with Crippen LogP contribution in [0, 0.1) is 10.1 Å². The van der Waals surface area contributed by atoms with Crippen molar-refractivity contribution in [2.45, 2.75) is 18.9 Å². The number of benzene rings is 1. The van der Waals surface area contributed by atoms with Crippen molar-refractivity contribution in [3.63, 3.8) is 0 Å². The highest BCUT2D eigenvalue weighted by Crippen LogP contribution is 2.18. The number of nitro groups is 1. The van der Waals surface area contributed by atoms with Gasteiger partial charge in [-0.2, -0.15) is 0 Å². The van der Waals surface area contributed by atoms with Gasteiger partial charge >= 0.3 is 0 Å². The molecule has 1 aromatic carbocycles. The van der Waals surface area contributed by atoms with Crippen LogP contribution in [0.1, 0.15) is 12.8 Å². The maximum Gasteiger partial charge on any atom is 0.269 e. The van der Waals surface area contributed by atoms with E-state index in [0.717, 1.165) is 6.42 Å². The van der Waals surface area contributed by atoms with Gasteiger partial charge < -0.3 is 10.1 Å². The van der Waals surface area contributed by atoms with Crippen molar-refractivity contribution in [3.05, 3.63) is 34.4 Å². The summed E-state index contributed by atoms with van der Waals surface area (Å²) in [4.78, 5) is 20.9. The van der Waals surface area contributed by atoms with E-state index in [1.165, 1.54) is 12.1 Å². The Morgan fingerprint density at radius 3 is 2.65 bits per heavy atom. The van der Waals surface area contributed by atoms with Crippen molar-refractivity contribution in [1.29, 1.82) is 0 Å². The number of carbonyl (C=O) groups is 1. The molecule has 0 aliphatic carbocycles. The van der Waals surface area contributed by atoms with E-state index in [-0.39, 0.29) is 17.6 Å². The molecule has 0 radical (unpaired) electrons. The SMILES string of the molecule is O=C1CCC(COc2ccc([N+](=O)[O-])cc2)N1. The van der Waals surface area contributed by atoms with Gasteiger partial charge in [0.1, 0.15) is 12.4 Å². The van der Waals surface area contributed by atoms with E-state index in [1.807, 2.05) is 0 Å². The monoisotopic (exact) mass is 236 g/mol. The minimum atomic E-state index is -0.457. The number of amides is 1. The third kappa shape index (κ3) is 2.93. The molecule has 0 saturated carbocycles. The first-order valence-electron chi connectivity index (χ1n) is 5.32. The van der Waals surface area contributed by atoms with Crippen LogP contribution in [0.3, 0.4) is 0 Å². The normalized spacial score (nSPS) is 18.8. The van der Waals surface area contributed by atoms with Crippen molar-refractivity contribution in [2.24, 2.45) is 0 Å². The van der Waals surface area contributed by atoms with Gasteiger partial charge in [-0.3, -0.25) is 14.9 Å². The van der Waals surface area contributed by atoms with Crippen molar-refractivity contribution in [1.82, 2.24) is 5.32 Å². The molecule has 1 unspecified atom stereocenters. The number of ether oxygens (including phenoxy) is 1. The van der Waals surface area contributed by atoms with E-state index in [4.69, 9.17) is 4.74 Å². The molecule has 1 heterocycles. The van der Waals surface area contributed by atoms with Crippen LogP contribution in [-0.2, 0) is 4.79 Å². The highest BCUT2D eigenvalue weighted by molar-refractivity contribution is 5.78. The lowest BCUT2D eigenvalue weighted by molar-refractivity contribution is -0.384. The number of nitrogens with one attached hydrogen (secondary N) is 1. The molecule has 1 atom stereocenters. The van der Waals surface area contributed by atoms with Crippen LogP contribution in [0.15, 0.2) is 24.3 Å². The Kier molecular flexibility index (Phi) is 3.22. The Hall–Kier alpha value is -2.11. The van der Waals surface area contributed by atoms with Crippen LogP contribution in [0.4, 0.5) is 5.69 Å². The van der Waals surface area contributed by atoms with Crippen molar-refractivity contribution < 1.29 is 14.5 Å². The van der Waals surface area contributed by atoms with Gasteiger partial charge in [-0.05, 0) is 18.6 Å². The summed E-state index contributed by atoms with van der Waals surface area (Å²) in [5.74, 6) is 0.610. The summed E-state index contributed by atoms with van der Waals surface area (Å²) in [6, 6.07) is 5.92. The second kappa shape index (κ2) is 4.82. The van der Waals surface area contributed by atoms with Crippen LogP contribution >= 0.6 is 0 Å². The quantitative estimate of drug-likeness (QED) is 0.630. The Labute approximate surface area is 97.7 Å². The third-order valence-electron chi connectivity index (χ3n) is 2.58. The first kappa shape index (κ1) is 11.4. The summed E-state index contributed by atoms with van der Waals surface area (Å²) in [5.41, 5.74) is 0.0338. The lowest BCUT2D eigenvalue weighted by atomic mass is 10.2. The first-order chi connectivity index (χ1) is 8.15. The van der Waals surface area contributed by atoms with Gasteiger partial charge in [0.15, 0.2) is 0 Å². The molecule has 2 rings (SSSR count). The van der Waals surface area contributed by atoms with Gasteiger partial charge in [-0.1, -0.05) is 0 Å². The third-order valence-corrected chi connectivity index (χ3v) is 2.58. The number of non-ortho nitro benzene ring substituents is 1. The molecule has 1 aromatic rings. The molecule has 1 saturated heterocycles. The molecule has 1 aliphatic heterocycles. The summed E-state index contributed by atoms with van der Waals surface area (Å²) in [6.07, 6.45) is 1.31. The molecule has 1 aliphatic rings. The van der Waals surface area contributed by atoms with Crippen molar-refractivity contribution in [3.8, 4) is 5.75 Å². The van der Waals surface area contributed by atoms with Gasteiger partial charge in [-0.15, -0.1) is 0 Å². The van der Waals surface area contributed by atoms with E-state index in [9.17, 15) is 14.9 Å². The first-order valence-corrected chi connectivity index (χ1v) is 5.32. The summed E-state index contributed by atoms with van der Waals surface area (Å²) in [6.45, 7) is 0.392. The maximum atomic E-state index is 10.9. The molecular weight excluding hydrogens is 224 g/mol. The molecule has 0 bridgehead atoms. The highest BCUT2D eigenvalue weighted by atomic mass is 16.6. The number of rotatable bonds is 4. The predicted octanol–water partition coefficient (Wildman–Crippen LogP) is 1.25. The van der Waals surface area contributed by atoms with Crippen LogP contribution in [0.25, 0.3) is 0 Å². The Morgan fingerprint density at radius 2 is 2.12 bits per heavy atom. The summed E-state index contributed by atoms with van der Waals surface area (Å²) in [5, 5.41) is 13.2. The zero-order valence-electron chi connectivity index (χ0n) is 9.09. The number of hydrogen-bond donors (Lipinski definition) is 1. The van der Waals surface area contributed by atoms with Gasteiger partial charge in [-0.25, -0.2) is 0 Å². The molecule has 0 spiro atoms. The van der Waals surface area contributed by atoms with E-state index in [0.29, 0.717) is 18.8 Å². The van der Waals surface area contributed by atoms with Gasteiger partial charge in [0, 0.05) is 18.6 Å². The molecule has 6 nitrogen and oxygen atoms in total. The summed E-state index contributed by atoms with van der Waals surface area (Å²) < 4.78 is 5.44. The highest BCUT2D eigenvalue weighted by Gasteiger charge is 2.21. The molecule has 1 amide bonds. The standard InChI is InChI=1S/C11H12N2O4/c14-11-6-1-8(12-11)7-17-10-4-2-9(3-5-10)13(15)16/h2-5,8H,1,6-7H2,(H,12,14). The molecule has 1 N–H and O–H groups in total.